The van der Waals surface area contributed by atoms with Gasteiger partial charge in [-0.3, -0.25) is 9.80 Å². The molecule has 0 aliphatic carbocycles. The number of hydrogen-bond acceptors (Lipinski definition) is 8. The molecule has 2 fully saturated rings. The Kier molecular flexibility index (Phi) is 7.16. The van der Waals surface area contributed by atoms with Crippen LogP contribution in [0.1, 0.15) is 30.3 Å². The van der Waals surface area contributed by atoms with E-state index in [0.717, 1.165) is 69.3 Å². The predicted octanol–water partition coefficient (Wildman–Crippen LogP) is 1.76. The van der Waals surface area contributed by atoms with Crippen LogP contribution in [0.25, 0.3) is 0 Å². The van der Waals surface area contributed by atoms with E-state index in [2.05, 4.69) is 38.0 Å². The summed E-state index contributed by atoms with van der Waals surface area (Å²) in [4.78, 5) is 4.83. The molecule has 9 nitrogen and oxygen atoms in total. The van der Waals surface area contributed by atoms with Crippen molar-refractivity contribution in [3.05, 3.63) is 42.2 Å². The second kappa shape index (κ2) is 10.2. The quantitative estimate of drug-likeness (QED) is 0.559. The normalized spacial score (nSPS) is 21.2. The van der Waals surface area contributed by atoms with E-state index >= 15 is 0 Å². The smallest absolute Gasteiger partial charge is 0.173 e. The van der Waals surface area contributed by atoms with E-state index in [1.165, 1.54) is 0 Å². The molecule has 0 amide bonds. The molecule has 31 heavy (non-hydrogen) atoms. The average molecular weight is 429 g/mol. The van der Waals surface area contributed by atoms with E-state index in [-0.39, 0.29) is 12.1 Å². The minimum atomic E-state index is -0.146. The molecule has 0 saturated carbocycles. The summed E-state index contributed by atoms with van der Waals surface area (Å²) in [5.41, 5.74) is 1.00. The molecular weight excluding hydrogens is 396 g/mol. The second-order valence-corrected chi connectivity index (χ2v) is 7.96. The fraction of sp³-hybridized carbons (Fsp3) is 0.591. The number of aromatic nitrogens is 4. The Morgan fingerprint density at radius 3 is 2.74 bits per heavy atom. The SMILES string of the molecule is C=CCN1CCN([C@@H](c2cccc(OC)c2OC)c2nnnn2C[C@@H]2CCCO2)CC1. The number of methoxy groups -OCH3 is 2. The topological polar surface area (TPSA) is 77.8 Å². The molecule has 1 aromatic carbocycles. The maximum atomic E-state index is 5.84. The average Bonchev–Trinajstić information content (AvgIpc) is 3.48. The van der Waals surface area contributed by atoms with Crippen LogP contribution in [0.5, 0.6) is 11.5 Å². The molecule has 9 heteroatoms. The van der Waals surface area contributed by atoms with E-state index in [1.54, 1.807) is 14.2 Å². The van der Waals surface area contributed by atoms with Crippen molar-refractivity contribution < 1.29 is 14.2 Å². The van der Waals surface area contributed by atoms with E-state index in [0.29, 0.717) is 12.3 Å². The van der Waals surface area contributed by atoms with Gasteiger partial charge in [-0.15, -0.1) is 11.7 Å². The van der Waals surface area contributed by atoms with Crippen LogP contribution in [0, 0.1) is 0 Å². The summed E-state index contributed by atoms with van der Waals surface area (Å²) in [7, 11) is 3.34. The summed E-state index contributed by atoms with van der Waals surface area (Å²) in [6.07, 6.45) is 4.23. The van der Waals surface area contributed by atoms with Crippen molar-refractivity contribution in [2.75, 3.05) is 53.6 Å². The van der Waals surface area contributed by atoms with Gasteiger partial charge in [0.2, 0.25) is 0 Å². The third kappa shape index (κ3) is 4.73. The zero-order chi connectivity index (χ0) is 21.6. The lowest BCUT2D eigenvalue weighted by Gasteiger charge is -2.39. The zero-order valence-corrected chi connectivity index (χ0v) is 18.4. The number of hydrogen-bond donors (Lipinski definition) is 0. The van der Waals surface area contributed by atoms with Crippen molar-refractivity contribution >= 4 is 0 Å². The van der Waals surface area contributed by atoms with Crippen LogP contribution in [0.2, 0.25) is 0 Å². The highest BCUT2D eigenvalue weighted by atomic mass is 16.5. The standard InChI is InChI=1S/C22H32N6O3/c1-4-10-26-11-13-27(14-12-26)20(18-8-5-9-19(29-2)21(18)30-3)22-23-24-25-28(22)16-17-7-6-15-31-17/h4-5,8-9,17,20H,1,6-7,10-16H2,2-3H3/t17-,20-/m0/s1. The minimum absolute atomic E-state index is 0.146. The van der Waals surface area contributed by atoms with Gasteiger partial charge >= 0.3 is 0 Å². The molecule has 0 bridgehead atoms. The molecule has 3 heterocycles. The van der Waals surface area contributed by atoms with Gasteiger partial charge in [0.15, 0.2) is 17.3 Å². The van der Waals surface area contributed by atoms with Gasteiger partial charge in [0.05, 0.1) is 26.9 Å². The van der Waals surface area contributed by atoms with Crippen molar-refractivity contribution in [1.82, 2.24) is 30.0 Å². The molecular formula is C22H32N6O3. The van der Waals surface area contributed by atoms with Crippen LogP contribution in [-0.2, 0) is 11.3 Å². The first-order valence-corrected chi connectivity index (χ1v) is 10.9. The fourth-order valence-electron chi connectivity index (χ4n) is 4.53. The van der Waals surface area contributed by atoms with Crippen molar-refractivity contribution in [3.8, 4) is 11.5 Å². The first kappa shape index (κ1) is 21.7. The molecule has 2 aliphatic heterocycles. The lowest BCUT2D eigenvalue weighted by molar-refractivity contribution is 0.0865. The van der Waals surface area contributed by atoms with Crippen molar-refractivity contribution in [1.29, 1.82) is 0 Å². The third-order valence-electron chi connectivity index (χ3n) is 6.09. The van der Waals surface area contributed by atoms with Crippen LogP contribution >= 0.6 is 0 Å². The maximum absolute atomic E-state index is 5.84. The second-order valence-electron chi connectivity index (χ2n) is 7.96. The third-order valence-corrected chi connectivity index (χ3v) is 6.09. The Balaban J connectivity index is 1.69. The van der Waals surface area contributed by atoms with Crippen LogP contribution in [-0.4, -0.2) is 89.7 Å². The summed E-state index contributed by atoms with van der Waals surface area (Å²) in [6, 6.07) is 5.84. The number of rotatable bonds is 9. The van der Waals surface area contributed by atoms with Crippen LogP contribution in [0.3, 0.4) is 0 Å². The van der Waals surface area contributed by atoms with Crippen molar-refractivity contribution in [2.45, 2.75) is 31.5 Å². The van der Waals surface area contributed by atoms with Crippen LogP contribution in [0.15, 0.2) is 30.9 Å². The summed E-state index contributed by atoms with van der Waals surface area (Å²) >= 11 is 0. The molecule has 168 valence electrons. The summed E-state index contributed by atoms with van der Waals surface area (Å²) in [5.74, 6) is 2.22. The Bertz CT molecular complexity index is 859. The van der Waals surface area contributed by atoms with Gasteiger partial charge < -0.3 is 14.2 Å². The Labute approximate surface area is 183 Å². The van der Waals surface area contributed by atoms with E-state index in [4.69, 9.17) is 14.2 Å². The summed E-state index contributed by atoms with van der Waals surface area (Å²) < 4.78 is 19.1. The van der Waals surface area contributed by atoms with Crippen molar-refractivity contribution in [3.63, 3.8) is 0 Å². The molecule has 0 radical (unpaired) electrons. The fourth-order valence-corrected chi connectivity index (χ4v) is 4.53. The highest BCUT2D eigenvalue weighted by molar-refractivity contribution is 5.49. The largest absolute Gasteiger partial charge is 0.493 e. The molecule has 1 aromatic heterocycles. The van der Waals surface area contributed by atoms with Gasteiger partial charge in [-0.1, -0.05) is 18.2 Å². The van der Waals surface area contributed by atoms with Gasteiger partial charge in [0, 0.05) is 44.9 Å². The molecule has 2 saturated heterocycles. The van der Waals surface area contributed by atoms with Crippen molar-refractivity contribution in [2.24, 2.45) is 0 Å². The van der Waals surface area contributed by atoms with Gasteiger partial charge in [-0.25, -0.2) is 4.68 Å². The first-order chi connectivity index (χ1) is 15.2. The maximum Gasteiger partial charge on any atom is 0.173 e. The summed E-state index contributed by atoms with van der Waals surface area (Å²) in [6.45, 7) is 9.94. The zero-order valence-electron chi connectivity index (χ0n) is 18.4. The van der Waals surface area contributed by atoms with Gasteiger partial charge in [0.25, 0.3) is 0 Å². The Hall–Kier alpha value is -2.49. The van der Waals surface area contributed by atoms with E-state index < -0.39 is 0 Å². The molecule has 2 atom stereocenters. The molecule has 2 aromatic rings. The van der Waals surface area contributed by atoms with Gasteiger partial charge in [-0.2, -0.15) is 0 Å². The van der Waals surface area contributed by atoms with E-state index in [1.807, 2.05) is 22.9 Å². The number of benzene rings is 1. The first-order valence-electron chi connectivity index (χ1n) is 10.9. The molecule has 4 rings (SSSR count). The highest BCUT2D eigenvalue weighted by Gasteiger charge is 2.34. The molecule has 0 spiro atoms. The molecule has 0 N–H and O–H groups in total. The number of ether oxygens (including phenoxy) is 3. The molecule has 0 unspecified atom stereocenters. The number of nitrogens with zero attached hydrogens (tertiary/aromatic N) is 6. The number of piperazine rings is 1. The van der Waals surface area contributed by atoms with Crippen LogP contribution in [0.4, 0.5) is 0 Å². The minimum Gasteiger partial charge on any atom is -0.493 e. The van der Waals surface area contributed by atoms with Crippen LogP contribution < -0.4 is 9.47 Å². The van der Waals surface area contributed by atoms with Gasteiger partial charge in [0.1, 0.15) is 6.04 Å². The lowest BCUT2D eigenvalue weighted by atomic mass is 10.0. The Morgan fingerprint density at radius 1 is 1.23 bits per heavy atom. The predicted molar refractivity (Wildman–Crippen MR) is 116 cm³/mol. The number of tetrazole rings is 1. The monoisotopic (exact) mass is 428 g/mol. The van der Waals surface area contributed by atoms with E-state index in [9.17, 15) is 0 Å². The molecule has 2 aliphatic rings. The summed E-state index contributed by atoms with van der Waals surface area (Å²) in [5, 5.41) is 12.8. The Morgan fingerprint density at radius 2 is 2.06 bits per heavy atom. The van der Waals surface area contributed by atoms with Gasteiger partial charge in [-0.05, 0) is 29.3 Å². The number of para-hydroxylation sites is 1. The lowest BCUT2D eigenvalue weighted by Crippen LogP contribution is -2.48. The highest BCUT2D eigenvalue weighted by Crippen LogP contribution is 2.39.